The summed E-state index contributed by atoms with van der Waals surface area (Å²) in [5, 5.41) is 60.6. The molecule has 0 aliphatic carbocycles. The Balaban J connectivity index is 0.944. The average Bonchev–Trinajstić information content (AvgIpc) is 0.785. The topological polar surface area (TPSA) is 265 Å². The van der Waals surface area contributed by atoms with Gasteiger partial charge in [-0.2, -0.15) is 0 Å². The van der Waals surface area contributed by atoms with Gasteiger partial charge in [0.15, 0.2) is 0 Å². The lowest BCUT2D eigenvalue weighted by atomic mass is 9.69. The van der Waals surface area contributed by atoms with Gasteiger partial charge >= 0.3 is 54.7 Å². The van der Waals surface area contributed by atoms with E-state index in [0.717, 1.165) is 87.0 Å². The molecule has 27 heteroatoms. The number of rotatable bonds is 61. The zero-order valence-electron chi connectivity index (χ0n) is 84.8. The molecular weight excluding hydrogens is 1770 g/mol. The van der Waals surface area contributed by atoms with Gasteiger partial charge < -0.3 is 88.7 Å². The molecular formula is C107H159BO21Si5. The van der Waals surface area contributed by atoms with Gasteiger partial charge in [-0.1, -0.05) is 121 Å². The second-order valence-corrected chi connectivity index (χ2v) is 55.9. The van der Waals surface area contributed by atoms with E-state index in [1.54, 1.807) is 12.1 Å². The maximum atomic E-state index is 12.9. The number of benzene rings is 8. The summed E-state index contributed by atoms with van der Waals surface area (Å²) in [7, 11) is -12.2. The Hall–Kier alpha value is -8.11. The summed E-state index contributed by atoms with van der Waals surface area (Å²) in [4.78, 5) is 25.5. The predicted octanol–water partition coefficient (Wildman–Crippen LogP) is 24.0. The van der Waals surface area contributed by atoms with Crippen LogP contribution in [0.3, 0.4) is 0 Å². The minimum absolute atomic E-state index is 0.0378. The molecule has 0 aromatic heterocycles. The Labute approximate surface area is 807 Å². The largest absolute Gasteiger partial charge is 0.508 e. The van der Waals surface area contributed by atoms with E-state index in [-0.39, 0.29) is 128 Å². The zero-order chi connectivity index (χ0) is 98.1. The number of phenols is 5. The van der Waals surface area contributed by atoms with Gasteiger partial charge in [-0.15, -0.1) is 0 Å². The van der Waals surface area contributed by atoms with Crippen LogP contribution in [0.25, 0.3) is 0 Å². The van der Waals surface area contributed by atoms with Crippen molar-refractivity contribution in [3.05, 3.63) is 235 Å². The van der Waals surface area contributed by atoms with Crippen molar-refractivity contribution in [2.75, 3.05) is 33.0 Å². The van der Waals surface area contributed by atoms with E-state index in [1.807, 2.05) is 234 Å². The van der Waals surface area contributed by atoms with E-state index in [1.165, 1.54) is 0 Å². The third kappa shape index (κ3) is 39.4. The standard InChI is InChI=1S/C107H159BO21Si5/c1-74(2)121-130(19,122-75(3)4)54-24-49-116-98-37-29-84(30-38-98)63-87-35-43-101(109)90(66-87)70-92-59-82(17)61-94(105(92)113)72-96-68-89(69-97(107(96)115)73-95-62-83(18)60-93(106(95)114)71-91-67-88(36-44-102(91)110)64-85-31-39-99(40-32-85)117-50-25-55-131(20,123-76(5)6)124-77(7)8)65-86-33-41-100(42-34-86)118-51-26-57-133(22,127-80(13)14)129-134(23,128-81(15)16)58-28-53-120-104(112)46-48-108-47-45-103(111)119-52-27-56-132(21,125-78(9)10)126-79(11)12/h29-44,59-62,66-69,74-81,108-110,113-115H,24-28,45-58,63-65,70-73H2,1-23H3. The predicted molar refractivity (Wildman–Crippen MR) is 549 cm³/mol. The minimum Gasteiger partial charge on any atom is -0.508 e. The molecule has 0 spiro atoms. The molecule has 0 saturated carbocycles. The molecule has 0 aliphatic rings. The lowest BCUT2D eigenvalue weighted by Crippen LogP contribution is -2.54. The Kier molecular flexibility index (Phi) is 44.6. The fraction of sp³-hybridized carbons (Fsp3) is 0.533. The van der Waals surface area contributed by atoms with Gasteiger partial charge in [0.1, 0.15) is 53.3 Å². The number of aromatic hydroxyl groups is 5. The number of ether oxygens (including phenoxy) is 5. The number of carbonyl (C=O) groups excluding carboxylic acids is 2. The molecule has 0 amide bonds. The lowest BCUT2D eigenvalue weighted by molar-refractivity contribution is -0.144. The number of phenolic OH excluding ortho intramolecular Hbond substituents is 5. The minimum atomic E-state index is -2.89. The normalized spacial score (nSPS) is 13.2. The quantitative estimate of drug-likeness (QED) is 0.0135. The Bertz CT molecular complexity index is 4690. The smallest absolute Gasteiger partial charge is 0.335 e. The van der Waals surface area contributed by atoms with Crippen LogP contribution >= 0.6 is 0 Å². The molecule has 2 atom stereocenters. The summed E-state index contributed by atoms with van der Waals surface area (Å²) >= 11 is 0. The highest BCUT2D eigenvalue weighted by Gasteiger charge is 2.45. The summed E-state index contributed by atoms with van der Waals surface area (Å²) in [5.41, 5.74) is 12.8. The van der Waals surface area contributed by atoms with Crippen molar-refractivity contribution < 1.29 is 98.3 Å². The van der Waals surface area contributed by atoms with Crippen molar-refractivity contribution in [2.45, 2.75) is 339 Å². The van der Waals surface area contributed by atoms with Crippen LogP contribution < -0.4 is 14.2 Å². The van der Waals surface area contributed by atoms with Crippen LogP contribution in [0.1, 0.15) is 245 Å². The highest BCUT2D eigenvalue weighted by Crippen LogP contribution is 2.40. The van der Waals surface area contributed by atoms with Crippen LogP contribution in [0.15, 0.2) is 146 Å². The number of hydrogen-bond acceptors (Lipinski definition) is 21. The summed E-state index contributed by atoms with van der Waals surface area (Å²) in [5.74, 6) is 2.15. The van der Waals surface area contributed by atoms with E-state index in [4.69, 9.17) is 63.2 Å². The van der Waals surface area contributed by atoms with Gasteiger partial charge in [0.2, 0.25) is 0 Å². The van der Waals surface area contributed by atoms with Gasteiger partial charge in [0.25, 0.3) is 0 Å². The van der Waals surface area contributed by atoms with Gasteiger partial charge in [-0.05, 0) is 365 Å². The molecule has 134 heavy (non-hydrogen) atoms. The van der Waals surface area contributed by atoms with Crippen molar-refractivity contribution in [3.63, 3.8) is 0 Å². The third-order valence-electron chi connectivity index (χ3n) is 22.7. The highest BCUT2D eigenvalue weighted by molar-refractivity contribution is 6.80. The molecule has 0 aliphatic heterocycles. The monoisotopic (exact) mass is 1930 g/mol. The fourth-order valence-electron chi connectivity index (χ4n) is 17.9. The van der Waals surface area contributed by atoms with Crippen LogP contribution in [-0.4, -0.2) is 169 Å². The van der Waals surface area contributed by atoms with E-state index >= 15 is 0 Å². The summed E-state index contributed by atoms with van der Waals surface area (Å²) in [6.45, 7) is 49.0. The first-order valence-corrected chi connectivity index (χ1v) is 61.6. The highest BCUT2D eigenvalue weighted by atomic mass is 28.5. The Morgan fingerprint density at radius 3 is 0.799 bits per heavy atom. The first-order valence-electron chi connectivity index (χ1n) is 49.0. The molecule has 0 fully saturated rings. The molecule has 8 aromatic rings. The van der Waals surface area contributed by atoms with Crippen LogP contribution in [-0.2, 0) is 104 Å². The van der Waals surface area contributed by atoms with Crippen molar-refractivity contribution >= 4 is 62.0 Å². The molecule has 0 saturated heterocycles. The average molecular weight is 1930 g/mol. The second kappa shape index (κ2) is 53.7. The molecule has 0 bridgehead atoms. The number of esters is 2. The Morgan fingerprint density at radius 2 is 0.515 bits per heavy atom. The number of aryl methyl sites for hydroxylation is 2. The van der Waals surface area contributed by atoms with E-state index < -0.39 is 42.8 Å². The van der Waals surface area contributed by atoms with Gasteiger partial charge in [-0.3, -0.25) is 9.59 Å². The van der Waals surface area contributed by atoms with Gasteiger partial charge in [-0.25, -0.2) is 0 Å². The first kappa shape index (κ1) is 111. The first-order chi connectivity index (χ1) is 63.3. The maximum Gasteiger partial charge on any atom is 0.335 e. The molecule has 2 unspecified atom stereocenters. The summed E-state index contributed by atoms with van der Waals surface area (Å²) in [6, 6.07) is 50.9. The van der Waals surface area contributed by atoms with E-state index in [2.05, 4.69) is 57.0 Å². The second-order valence-electron chi connectivity index (χ2n) is 39.4. The van der Waals surface area contributed by atoms with E-state index in [0.29, 0.717) is 154 Å². The molecule has 736 valence electrons. The molecule has 21 nitrogen and oxygen atoms in total. The maximum absolute atomic E-state index is 12.9. The summed E-state index contributed by atoms with van der Waals surface area (Å²) < 4.78 is 88.2. The number of hydrogen-bond donors (Lipinski definition) is 5. The molecule has 0 radical (unpaired) electrons. The molecule has 8 aromatic carbocycles. The molecule has 8 rings (SSSR count). The Morgan fingerprint density at radius 1 is 0.284 bits per heavy atom. The lowest BCUT2D eigenvalue weighted by Gasteiger charge is -2.39. The summed E-state index contributed by atoms with van der Waals surface area (Å²) in [6.07, 6.45) is 8.10. The van der Waals surface area contributed by atoms with Crippen molar-refractivity contribution in [2.24, 2.45) is 0 Å². The van der Waals surface area contributed by atoms with E-state index in [9.17, 15) is 35.1 Å². The van der Waals surface area contributed by atoms with Crippen molar-refractivity contribution in [1.82, 2.24) is 0 Å². The molecule has 0 heterocycles. The third-order valence-corrected chi connectivity index (χ3v) is 40.3. The zero-order valence-corrected chi connectivity index (χ0v) is 89.8. The SMILES string of the molecule is Cc1cc(Cc2cc(Cc3ccc(OCCC[Si](C)(OC(C)C)OC(C)C)cc3)ccc2O)c(O)c(Cc2cc(Cc3ccc(OCCC[Si](C)(OC(C)C)O[Si](C)(CCCOC(=O)CCBCCC(=O)OCCC[Si](C)(OC(C)C)OC(C)C)OC(C)C)cc3)cc(Cc3cc(C)cc(Cc4cc(Cc5ccc(OCCC[Si](C)(OC(C)C)OC(C)C)cc5)ccc4O)c3O)c2O)c1. The van der Waals surface area contributed by atoms with Crippen molar-refractivity contribution in [3.8, 4) is 46.0 Å². The van der Waals surface area contributed by atoms with Gasteiger partial charge in [0, 0.05) is 87.4 Å². The van der Waals surface area contributed by atoms with Gasteiger partial charge in [0.05, 0.1) is 33.0 Å². The fourth-order valence-corrected chi connectivity index (χ4v) is 35.8. The van der Waals surface area contributed by atoms with Crippen LogP contribution in [0.5, 0.6) is 46.0 Å². The van der Waals surface area contributed by atoms with Crippen LogP contribution in [0.2, 0.25) is 75.6 Å². The van der Waals surface area contributed by atoms with Crippen LogP contribution in [0, 0.1) is 13.8 Å². The molecule has 5 N–H and O–H groups in total. The van der Waals surface area contributed by atoms with Crippen LogP contribution in [0.4, 0.5) is 0 Å². The van der Waals surface area contributed by atoms with Crippen molar-refractivity contribution in [1.29, 1.82) is 0 Å². The number of carbonyl (C=O) groups is 2.